The van der Waals surface area contributed by atoms with Gasteiger partial charge in [0.1, 0.15) is 0 Å². The van der Waals surface area contributed by atoms with Crippen molar-refractivity contribution in [3.8, 4) is 0 Å². The summed E-state index contributed by atoms with van der Waals surface area (Å²) < 4.78 is 4.58. The van der Waals surface area contributed by atoms with Gasteiger partial charge in [0.2, 0.25) is 0 Å². The molecular weight excluding hydrogens is 210 g/mol. The summed E-state index contributed by atoms with van der Waals surface area (Å²) in [5.41, 5.74) is 6.46. The summed E-state index contributed by atoms with van der Waals surface area (Å²) in [6, 6.07) is 6.78. The van der Waals surface area contributed by atoms with Crippen molar-refractivity contribution in [2.75, 3.05) is 19.1 Å². The number of amidine groups is 1. The fraction of sp³-hybridized carbons (Fsp3) is 0.200. The van der Waals surface area contributed by atoms with E-state index in [4.69, 9.17) is 10.9 Å². The Kier molecular flexibility index (Phi) is 3.71. The standard InChI is InChI=1S/C10H13N3O3/c1-13(10(14)16-2)8-6-4-3-5-7(8)9(11)12-15/h3-6,15H,1-2H3,(H2,11,12). The summed E-state index contributed by atoms with van der Waals surface area (Å²) in [4.78, 5) is 12.6. The van der Waals surface area contributed by atoms with E-state index in [0.717, 1.165) is 0 Å². The van der Waals surface area contributed by atoms with Crippen molar-refractivity contribution < 1.29 is 14.7 Å². The molecule has 1 aromatic rings. The zero-order valence-electron chi connectivity index (χ0n) is 9.04. The molecule has 6 nitrogen and oxygen atoms in total. The molecule has 0 atom stereocenters. The summed E-state index contributed by atoms with van der Waals surface area (Å²) in [5, 5.41) is 11.5. The fourth-order valence-electron chi connectivity index (χ4n) is 1.27. The average molecular weight is 223 g/mol. The lowest BCUT2D eigenvalue weighted by Gasteiger charge is -2.18. The topological polar surface area (TPSA) is 88.2 Å². The largest absolute Gasteiger partial charge is 0.452 e. The third-order valence-corrected chi connectivity index (χ3v) is 2.10. The van der Waals surface area contributed by atoms with Crippen LogP contribution < -0.4 is 10.6 Å². The van der Waals surface area contributed by atoms with Crippen LogP contribution >= 0.6 is 0 Å². The number of nitrogens with two attached hydrogens (primary N) is 1. The molecule has 0 aliphatic rings. The summed E-state index contributed by atoms with van der Waals surface area (Å²) in [6.45, 7) is 0. The van der Waals surface area contributed by atoms with Crippen LogP contribution in [0.5, 0.6) is 0 Å². The SMILES string of the molecule is COC(=O)N(C)c1ccccc1C(N)=NO. The average Bonchev–Trinajstić information content (AvgIpc) is 2.35. The highest BCUT2D eigenvalue weighted by molar-refractivity contribution is 6.05. The van der Waals surface area contributed by atoms with Crippen LogP contribution in [0, 0.1) is 0 Å². The van der Waals surface area contributed by atoms with Crippen LogP contribution in [-0.2, 0) is 4.74 Å². The molecule has 6 heteroatoms. The molecule has 1 amide bonds. The molecule has 16 heavy (non-hydrogen) atoms. The monoisotopic (exact) mass is 223 g/mol. The summed E-state index contributed by atoms with van der Waals surface area (Å²) in [6.07, 6.45) is -0.529. The normalized spacial score (nSPS) is 11.0. The van der Waals surface area contributed by atoms with E-state index in [-0.39, 0.29) is 5.84 Å². The molecule has 0 spiro atoms. The Morgan fingerprint density at radius 3 is 2.69 bits per heavy atom. The summed E-state index contributed by atoms with van der Waals surface area (Å²) in [7, 11) is 2.82. The van der Waals surface area contributed by atoms with Gasteiger partial charge in [-0.25, -0.2) is 4.79 Å². The molecule has 0 aliphatic carbocycles. The minimum Gasteiger partial charge on any atom is -0.452 e. The number of rotatable bonds is 2. The Morgan fingerprint density at radius 1 is 1.50 bits per heavy atom. The summed E-state index contributed by atoms with van der Waals surface area (Å²) in [5.74, 6) is -0.0636. The van der Waals surface area contributed by atoms with Gasteiger partial charge in [-0.1, -0.05) is 17.3 Å². The van der Waals surface area contributed by atoms with Gasteiger partial charge in [0.25, 0.3) is 0 Å². The molecule has 0 unspecified atom stereocenters. The predicted molar refractivity (Wildman–Crippen MR) is 59.8 cm³/mol. The van der Waals surface area contributed by atoms with Gasteiger partial charge >= 0.3 is 6.09 Å². The first kappa shape index (κ1) is 11.8. The molecule has 0 heterocycles. The van der Waals surface area contributed by atoms with Crippen molar-refractivity contribution >= 4 is 17.6 Å². The molecule has 0 saturated heterocycles. The van der Waals surface area contributed by atoms with Crippen LogP contribution in [0.1, 0.15) is 5.56 Å². The Morgan fingerprint density at radius 2 is 2.12 bits per heavy atom. The quantitative estimate of drug-likeness (QED) is 0.338. The van der Waals surface area contributed by atoms with E-state index < -0.39 is 6.09 Å². The third kappa shape index (κ3) is 2.22. The van der Waals surface area contributed by atoms with Crippen molar-refractivity contribution in [2.45, 2.75) is 0 Å². The number of benzene rings is 1. The number of carbonyl (C=O) groups is 1. The third-order valence-electron chi connectivity index (χ3n) is 2.10. The number of ether oxygens (including phenoxy) is 1. The molecule has 3 N–H and O–H groups in total. The van der Waals surface area contributed by atoms with Crippen LogP contribution in [0.15, 0.2) is 29.4 Å². The molecule has 0 aliphatic heterocycles. The minimum absolute atomic E-state index is 0.0636. The molecule has 0 saturated carbocycles. The number of amides is 1. The molecule has 0 bridgehead atoms. The van der Waals surface area contributed by atoms with Crippen molar-refractivity contribution in [3.63, 3.8) is 0 Å². The lowest BCUT2D eigenvalue weighted by Crippen LogP contribution is -2.28. The van der Waals surface area contributed by atoms with Crippen LogP contribution in [0.4, 0.5) is 10.5 Å². The van der Waals surface area contributed by atoms with Crippen molar-refractivity contribution in [1.82, 2.24) is 0 Å². The first-order valence-corrected chi connectivity index (χ1v) is 4.50. The van der Waals surface area contributed by atoms with Crippen molar-refractivity contribution in [2.24, 2.45) is 10.9 Å². The zero-order chi connectivity index (χ0) is 12.1. The van der Waals surface area contributed by atoms with Gasteiger partial charge < -0.3 is 15.7 Å². The maximum Gasteiger partial charge on any atom is 0.413 e. The number of anilines is 1. The van der Waals surface area contributed by atoms with Crippen LogP contribution in [0.3, 0.4) is 0 Å². The van der Waals surface area contributed by atoms with Gasteiger partial charge in [0.15, 0.2) is 5.84 Å². The number of oxime groups is 1. The number of hydrogen-bond donors (Lipinski definition) is 2. The van der Waals surface area contributed by atoms with Crippen LogP contribution in [0.25, 0.3) is 0 Å². The Bertz CT molecular complexity index is 418. The lowest BCUT2D eigenvalue weighted by molar-refractivity contribution is 0.180. The maximum atomic E-state index is 11.3. The van der Waals surface area contributed by atoms with Gasteiger partial charge in [0.05, 0.1) is 12.8 Å². The van der Waals surface area contributed by atoms with Gasteiger partial charge in [-0.05, 0) is 12.1 Å². The van der Waals surface area contributed by atoms with E-state index in [1.165, 1.54) is 19.1 Å². The van der Waals surface area contributed by atoms with Crippen molar-refractivity contribution in [1.29, 1.82) is 0 Å². The van der Waals surface area contributed by atoms with Crippen LogP contribution in [0.2, 0.25) is 0 Å². The second kappa shape index (κ2) is 5.01. The fourth-order valence-corrected chi connectivity index (χ4v) is 1.27. The second-order valence-corrected chi connectivity index (χ2v) is 3.03. The highest BCUT2D eigenvalue weighted by Crippen LogP contribution is 2.19. The predicted octanol–water partition coefficient (Wildman–Crippen LogP) is 0.984. The molecular formula is C10H13N3O3. The van der Waals surface area contributed by atoms with Crippen molar-refractivity contribution in [3.05, 3.63) is 29.8 Å². The number of nitrogens with zero attached hydrogens (tertiary/aromatic N) is 2. The minimum atomic E-state index is -0.529. The maximum absolute atomic E-state index is 11.3. The van der Waals surface area contributed by atoms with Crippen LogP contribution in [-0.4, -0.2) is 31.3 Å². The van der Waals surface area contributed by atoms with E-state index in [0.29, 0.717) is 11.3 Å². The van der Waals surface area contributed by atoms with Gasteiger partial charge in [-0.3, -0.25) is 4.90 Å². The van der Waals surface area contributed by atoms with E-state index in [1.807, 2.05) is 0 Å². The van der Waals surface area contributed by atoms with E-state index in [1.54, 1.807) is 24.3 Å². The van der Waals surface area contributed by atoms with Gasteiger partial charge in [-0.15, -0.1) is 0 Å². The smallest absolute Gasteiger partial charge is 0.413 e. The first-order valence-electron chi connectivity index (χ1n) is 4.50. The van der Waals surface area contributed by atoms with Gasteiger partial charge in [0, 0.05) is 12.6 Å². The molecule has 0 aromatic heterocycles. The highest BCUT2D eigenvalue weighted by atomic mass is 16.5. The number of carbonyl (C=O) groups excluding carboxylic acids is 1. The molecule has 86 valence electrons. The highest BCUT2D eigenvalue weighted by Gasteiger charge is 2.16. The first-order chi connectivity index (χ1) is 7.61. The van der Waals surface area contributed by atoms with Gasteiger partial charge in [-0.2, -0.15) is 0 Å². The Labute approximate surface area is 92.9 Å². The molecule has 1 rings (SSSR count). The molecule has 0 fully saturated rings. The van der Waals surface area contributed by atoms with E-state index >= 15 is 0 Å². The number of methoxy groups -OCH3 is 1. The Balaban J connectivity index is 3.18. The molecule has 1 aromatic carbocycles. The van der Waals surface area contributed by atoms with E-state index in [2.05, 4.69) is 9.89 Å². The lowest BCUT2D eigenvalue weighted by atomic mass is 10.1. The number of para-hydroxylation sites is 1. The number of hydrogen-bond acceptors (Lipinski definition) is 4. The van der Waals surface area contributed by atoms with E-state index in [9.17, 15) is 4.79 Å². The zero-order valence-corrected chi connectivity index (χ0v) is 9.04. The summed E-state index contributed by atoms with van der Waals surface area (Å²) >= 11 is 0. The molecule has 0 radical (unpaired) electrons. The second-order valence-electron chi connectivity index (χ2n) is 3.03. The Hall–Kier alpha value is -2.24.